The van der Waals surface area contributed by atoms with E-state index in [4.69, 9.17) is 16.3 Å². The summed E-state index contributed by atoms with van der Waals surface area (Å²) in [6.45, 7) is 0.786. The molecule has 34 heavy (non-hydrogen) atoms. The fourth-order valence-electron chi connectivity index (χ4n) is 4.29. The van der Waals surface area contributed by atoms with Gasteiger partial charge in [0.15, 0.2) is 0 Å². The summed E-state index contributed by atoms with van der Waals surface area (Å²) < 4.78 is 33.9. The summed E-state index contributed by atoms with van der Waals surface area (Å²) in [7, 11) is 1.73. The number of benzene rings is 4. The lowest BCUT2D eigenvalue weighted by Gasteiger charge is -2.10. The first-order chi connectivity index (χ1) is 16.5. The highest BCUT2D eigenvalue weighted by Gasteiger charge is 2.10. The van der Waals surface area contributed by atoms with Gasteiger partial charge in [-0.3, -0.25) is 0 Å². The van der Waals surface area contributed by atoms with Crippen molar-refractivity contribution in [2.24, 2.45) is 0 Å². The molecule has 0 bridgehead atoms. The molecule has 0 aliphatic rings. The van der Waals surface area contributed by atoms with Crippen LogP contribution in [0.2, 0.25) is 5.02 Å². The molecule has 0 aliphatic heterocycles. The molecule has 0 atom stereocenters. The Morgan fingerprint density at radius 1 is 0.676 bits per heavy atom. The minimum absolute atomic E-state index is 0.103. The Kier molecular flexibility index (Phi) is 8.31. The molecule has 176 valence electrons. The van der Waals surface area contributed by atoms with Crippen molar-refractivity contribution in [1.82, 2.24) is 0 Å². The molecule has 0 N–H and O–H groups in total. The summed E-state index contributed by atoms with van der Waals surface area (Å²) in [6.07, 6.45) is 4.98. The Hall–Kier alpha value is -2.75. The Balaban J connectivity index is 1.38. The molecule has 0 amide bonds. The standard InChI is InChI=1S/C30H29ClF2O/c1-34-18-2-3-21-4-6-22(7-5-21)8-9-23-11-16-27-26(19-23)15-14-25(30(27)33)13-10-24-12-17-28(31)29(32)20-24/h4-7,11-12,14-17,19-20H,2-3,8-10,13,18H2,1H3. The second kappa shape index (κ2) is 11.6. The smallest absolute Gasteiger partial charge is 0.142 e. The number of ether oxygens (including phenoxy) is 1. The van der Waals surface area contributed by atoms with Gasteiger partial charge in [0.05, 0.1) is 5.02 Å². The van der Waals surface area contributed by atoms with E-state index in [1.54, 1.807) is 19.2 Å². The lowest BCUT2D eigenvalue weighted by atomic mass is 9.97. The van der Waals surface area contributed by atoms with E-state index in [0.29, 0.717) is 23.8 Å². The molecular weight excluding hydrogens is 450 g/mol. The number of fused-ring (bicyclic) bond motifs is 1. The molecule has 0 heterocycles. The average Bonchev–Trinajstić information content (AvgIpc) is 2.85. The number of halogens is 3. The van der Waals surface area contributed by atoms with Crippen LogP contribution in [0.4, 0.5) is 8.78 Å². The van der Waals surface area contributed by atoms with Crippen LogP contribution in [-0.4, -0.2) is 13.7 Å². The van der Waals surface area contributed by atoms with Gasteiger partial charge in [-0.2, -0.15) is 0 Å². The zero-order chi connectivity index (χ0) is 23.9. The highest BCUT2D eigenvalue weighted by atomic mass is 35.5. The van der Waals surface area contributed by atoms with E-state index in [-0.39, 0.29) is 10.8 Å². The first kappa shape index (κ1) is 24.4. The predicted molar refractivity (Wildman–Crippen MR) is 137 cm³/mol. The molecule has 0 aliphatic carbocycles. The molecule has 0 aromatic heterocycles. The quantitative estimate of drug-likeness (QED) is 0.210. The summed E-state index contributed by atoms with van der Waals surface area (Å²) in [5, 5.41) is 1.64. The van der Waals surface area contributed by atoms with Crippen LogP contribution in [-0.2, 0) is 36.8 Å². The molecule has 0 saturated carbocycles. The second-order valence-corrected chi connectivity index (χ2v) is 9.16. The Morgan fingerprint density at radius 3 is 2.03 bits per heavy atom. The van der Waals surface area contributed by atoms with Crippen molar-refractivity contribution in [2.75, 3.05) is 13.7 Å². The molecule has 4 aromatic rings. The van der Waals surface area contributed by atoms with E-state index in [0.717, 1.165) is 43.2 Å². The zero-order valence-electron chi connectivity index (χ0n) is 19.4. The predicted octanol–water partition coefficient (Wildman–Crippen LogP) is 7.92. The van der Waals surface area contributed by atoms with Gasteiger partial charge in [0.2, 0.25) is 0 Å². The van der Waals surface area contributed by atoms with Crippen LogP contribution in [0.3, 0.4) is 0 Å². The first-order valence-corrected chi connectivity index (χ1v) is 12.1. The average molecular weight is 479 g/mol. The topological polar surface area (TPSA) is 9.23 Å². The minimum Gasteiger partial charge on any atom is -0.385 e. The van der Waals surface area contributed by atoms with E-state index >= 15 is 4.39 Å². The van der Waals surface area contributed by atoms with Gasteiger partial charge in [0.25, 0.3) is 0 Å². The van der Waals surface area contributed by atoms with Crippen LogP contribution < -0.4 is 0 Å². The van der Waals surface area contributed by atoms with Crippen LogP contribution in [0.1, 0.15) is 34.2 Å². The largest absolute Gasteiger partial charge is 0.385 e. The van der Waals surface area contributed by atoms with Crippen molar-refractivity contribution in [3.05, 3.63) is 117 Å². The van der Waals surface area contributed by atoms with Crippen LogP contribution >= 0.6 is 11.6 Å². The molecule has 0 unspecified atom stereocenters. The number of hydrogen-bond donors (Lipinski definition) is 0. The molecule has 4 rings (SSSR count). The molecule has 1 nitrogen and oxygen atoms in total. The Bertz CT molecular complexity index is 1250. The van der Waals surface area contributed by atoms with Crippen LogP contribution in [0.5, 0.6) is 0 Å². The van der Waals surface area contributed by atoms with Crippen molar-refractivity contribution in [1.29, 1.82) is 0 Å². The maximum absolute atomic E-state index is 15.1. The maximum atomic E-state index is 15.1. The van der Waals surface area contributed by atoms with E-state index in [9.17, 15) is 4.39 Å². The van der Waals surface area contributed by atoms with Crippen molar-refractivity contribution < 1.29 is 13.5 Å². The van der Waals surface area contributed by atoms with Crippen molar-refractivity contribution in [3.8, 4) is 0 Å². The molecule has 0 saturated heterocycles. The van der Waals surface area contributed by atoms with Crippen LogP contribution in [0.15, 0.2) is 72.8 Å². The molecule has 0 fully saturated rings. The summed E-state index contributed by atoms with van der Waals surface area (Å²) in [5.74, 6) is -0.633. The number of methoxy groups -OCH3 is 1. The Morgan fingerprint density at radius 2 is 1.29 bits per heavy atom. The molecule has 0 spiro atoms. The number of aryl methyl sites for hydroxylation is 5. The normalized spacial score (nSPS) is 11.3. The third-order valence-electron chi connectivity index (χ3n) is 6.30. The summed E-state index contributed by atoms with van der Waals surface area (Å²) in [6, 6.07) is 23.3. The van der Waals surface area contributed by atoms with Crippen molar-refractivity contribution >= 4 is 22.4 Å². The fraction of sp³-hybridized carbons (Fsp3) is 0.267. The van der Waals surface area contributed by atoms with Crippen molar-refractivity contribution in [2.45, 2.75) is 38.5 Å². The summed E-state index contributed by atoms with van der Waals surface area (Å²) in [5.41, 5.74) is 5.27. The summed E-state index contributed by atoms with van der Waals surface area (Å²) in [4.78, 5) is 0. The highest BCUT2D eigenvalue weighted by molar-refractivity contribution is 6.30. The molecule has 4 heteroatoms. The van der Waals surface area contributed by atoms with Gasteiger partial charge in [0.1, 0.15) is 11.6 Å². The summed E-state index contributed by atoms with van der Waals surface area (Å²) >= 11 is 5.75. The number of rotatable bonds is 10. The van der Waals surface area contributed by atoms with E-state index < -0.39 is 5.82 Å². The molecule has 0 radical (unpaired) electrons. The van der Waals surface area contributed by atoms with Crippen LogP contribution in [0.25, 0.3) is 10.8 Å². The van der Waals surface area contributed by atoms with Gasteiger partial charge in [-0.1, -0.05) is 72.3 Å². The van der Waals surface area contributed by atoms with Gasteiger partial charge >= 0.3 is 0 Å². The fourth-order valence-corrected chi connectivity index (χ4v) is 4.41. The van der Waals surface area contributed by atoms with E-state index in [1.165, 1.54) is 22.8 Å². The lowest BCUT2D eigenvalue weighted by Crippen LogP contribution is -1.98. The third-order valence-corrected chi connectivity index (χ3v) is 6.61. The lowest BCUT2D eigenvalue weighted by molar-refractivity contribution is 0.195. The number of hydrogen-bond acceptors (Lipinski definition) is 1. The van der Waals surface area contributed by atoms with Gasteiger partial charge in [0, 0.05) is 19.1 Å². The van der Waals surface area contributed by atoms with Gasteiger partial charge < -0.3 is 4.74 Å². The molecular formula is C30H29ClF2O. The van der Waals surface area contributed by atoms with Crippen molar-refractivity contribution in [3.63, 3.8) is 0 Å². The monoisotopic (exact) mass is 478 g/mol. The molecule has 4 aromatic carbocycles. The maximum Gasteiger partial charge on any atom is 0.142 e. The van der Waals surface area contributed by atoms with Crippen LogP contribution in [0, 0.1) is 11.6 Å². The van der Waals surface area contributed by atoms with E-state index in [2.05, 4.69) is 30.3 Å². The highest BCUT2D eigenvalue weighted by Crippen LogP contribution is 2.25. The zero-order valence-corrected chi connectivity index (χ0v) is 20.2. The third kappa shape index (κ3) is 6.22. The van der Waals surface area contributed by atoms with E-state index in [1.807, 2.05) is 24.3 Å². The minimum atomic E-state index is -0.441. The second-order valence-electron chi connectivity index (χ2n) is 8.76. The SMILES string of the molecule is COCCCc1ccc(CCc2ccc3c(F)c(CCc4ccc(Cl)c(F)c4)ccc3c2)cc1. The van der Waals surface area contributed by atoms with Gasteiger partial charge in [-0.05, 0) is 83.9 Å². The first-order valence-electron chi connectivity index (χ1n) is 11.7. The Labute approximate surface area is 205 Å². The van der Waals surface area contributed by atoms with Gasteiger partial charge in [-0.25, -0.2) is 8.78 Å². The van der Waals surface area contributed by atoms with Gasteiger partial charge in [-0.15, -0.1) is 0 Å².